The summed E-state index contributed by atoms with van der Waals surface area (Å²) in [7, 11) is 0. The molecule has 0 unspecified atom stereocenters. The molecule has 0 atom stereocenters. The van der Waals surface area contributed by atoms with Crippen LogP contribution < -0.4 is 0 Å². The zero-order valence-electron chi connectivity index (χ0n) is 14.6. The fourth-order valence-corrected chi connectivity index (χ4v) is 4.38. The van der Waals surface area contributed by atoms with E-state index in [0.717, 1.165) is 17.5 Å². The van der Waals surface area contributed by atoms with E-state index >= 15 is 0 Å². The molecule has 1 saturated heterocycles. The Morgan fingerprint density at radius 2 is 1.62 bits per heavy atom. The highest BCUT2D eigenvalue weighted by molar-refractivity contribution is 7.14. The summed E-state index contributed by atoms with van der Waals surface area (Å²) in [5.74, 6) is 0.123. The molecule has 1 fully saturated rings. The molecule has 0 radical (unpaired) electrons. The van der Waals surface area contributed by atoms with Gasteiger partial charge in [0, 0.05) is 23.3 Å². The van der Waals surface area contributed by atoms with Crippen molar-refractivity contribution in [3.63, 3.8) is 0 Å². The molecule has 3 nitrogen and oxygen atoms in total. The first-order valence-electron chi connectivity index (χ1n) is 8.89. The first-order valence-corrected chi connectivity index (χ1v) is 9.77. The molecule has 132 valence electrons. The molecule has 0 spiro atoms. The summed E-state index contributed by atoms with van der Waals surface area (Å²) in [6, 6.07) is 20.7. The van der Waals surface area contributed by atoms with Gasteiger partial charge in [-0.2, -0.15) is 0 Å². The van der Waals surface area contributed by atoms with Crippen LogP contribution in [0.5, 0.6) is 0 Å². The molecule has 26 heavy (non-hydrogen) atoms. The number of nitrogens with zero attached hydrogens (tertiary/aromatic N) is 1. The number of thiophene rings is 1. The van der Waals surface area contributed by atoms with Gasteiger partial charge in [0.15, 0.2) is 0 Å². The van der Waals surface area contributed by atoms with Crippen molar-refractivity contribution < 1.29 is 9.53 Å². The maximum atomic E-state index is 13.1. The van der Waals surface area contributed by atoms with Gasteiger partial charge in [0.2, 0.25) is 0 Å². The van der Waals surface area contributed by atoms with Crippen molar-refractivity contribution in [1.82, 2.24) is 4.90 Å². The lowest BCUT2D eigenvalue weighted by Crippen LogP contribution is -2.40. The lowest BCUT2D eigenvalue weighted by molar-refractivity contribution is 0.0302. The first-order chi connectivity index (χ1) is 12.8. The monoisotopic (exact) mass is 363 g/mol. The smallest absolute Gasteiger partial charge is 0.255 e. The summed E-state index contributed by atoms with van der Waals surface area (Å²) >= 11 is 1.66. The van der Waals surface area contributed by atoms with E-state index in [-0.39, 0.29) is 5.91 Å². The molecule has 1 aliphatic heterocycles. The minimum absolute atomic E-state index is 0.123. The molecule has 3 aromatic rings. The minimum atomic E-state index is 0.123. The van der Waals surface area contributed by atoms with Crippen LogP contribution in [0.15, 0.2) is 66.0 Å². The van der Waals surface area contributed by atoms with Crippen molar-refractivity contribution in [3.8, 4) is 10.4 Å². The highest BCUT2D eigenvalue weighted by Crippen LogP contribution is 2.35. The highest BCUT2D eigenvalue weighted by Gasteiger charge is 2.24. The maximum absolute atomic E-state index is 13.1. The number of rotatable bonds is 4. The predicted octanol–water partition coefficient (Wildman–Crippen LogP) is 4.48. The standard InChI is InChI=1S/C22H21NO2S/c24-22(23-11-13-25-14-12-23)20-16-26-21(18-9-5-2-6-10-18)19(20)15-17-7-3-1-4-8-17/h1-10,16H,11-15H2. The van der Waals surface area contributed by atoms with Crippen molar-refractivity contribution >= 4 is 17.2 Å². The SMILES string of the molecule is O=C(c1csc(-c2ccccc2)c1Cc1ccccc1)N1CCOCC1. The van der Waals surface area contributed by atoms with Gasteiger partial charge in [-0.1, -0.05) is 60.7 Å². The summed E-state index contributed by atoms with van der Waals surface area (Å²) in [5, 5.41) is 2.03. The number of ether oxygens (including phenoxy) is 1. The lowest BCUT2D eigenvalue weighted by Gasteiger charge is -2.27. The van der Waals surface area contributed by atoms with Gasteiger partial charge in [-0.05, 0) is 23.1 Å². The zero-order valence-corrected chi connectivity index (χ0v) is 15.4. The van der Waals surface area contributed by atoms with Crippen LogP contribution in [0.2, 0.25) is 0 Å². The van der Waals surface area contributed by atoms with Crippen molar-refractivity contribution in [2.24, 2.45) is 0 Å². The van der Waals surface area contributed by atoms with Crippen LogP contribution in [0.4, 0.5) is 0 Å². The van der Waals surface area contributed by atoms with Gasteiger partial charge in [-0.15, -0.1) is 11.3 Å². The third kappa shape index (κ3) is 3.57. The Bertz CT molecular complexity index is 868. The van der Waals surface area contributed by atoms with Gasteiger partial charge in [0.05, 0.1) is 18.8 Å². The molecule has 1 aliphatic rings. The molecule has 0 aliphatic carbocycles. The number of morpholine rings is 1. The van der Waals surface area contributed by atoms with Crippen LogP contribution in [0.1, 0.15) is 21.5 Å². The van der Waals surface area contributed by atoms with E-state index < -0.39 is 0 Å². The number of hydrogen-bond donors (Lipinski definition) is 0. The Morgan fingerprint density at radius 1 is 0.962 bits per heavy atom. The predicted molar refractivity (Wildman–Crippen MR) is 106 cm³/mol. The normalized spacial score (nSPS) is 14.4. The van der Waals surface area contributed by atoms with Gasteiger partial charge in [0.1, 0.15) is 0 Å². The maximum Gasteiger partial charge on any atom is 0.255 e. The third-order valence-electron chi connectivity index (χ3n) is 4.68. The summed E-state index contributed by atoms with van der Waals surface area (Å²) in [5.41, 5.74) is 4.35. The first kappa shape index (κ1) is 17.0. The van der Waals surface area contributed by atoms with Crippen molar-refractivity contribution in [2.45, 2.75) is 6.42 Å². The molecule has 1 aromatic heterocycles. The van der Waals surface area contributed by atoms with Crippen LogP contribution >= 0.6 is 11.3 Å². The molecule has 4 heteroatoms. The van der Waals surface area contributed by atoms with Crippen molar-refractivity contribution in [2.75, 3.05) is 26.3 Å². The lowest BCUT2D eigenvalue weighted by atomic mass is 9.98. The topological polar surface area (TPSA) is 29.5 Å². The minimum Gasteiger partial charge on any atom is -0.378 e. The van der Waals surface area contributed by atoms with Gasteiger partial charge in [-0.25, -0.2) is 0 Å². The molecule has 0 saturated carbocycles. The fraction of sp³-hybridized carbons (Fsp3) is 0.227. The molecule has 0 bridgehead atoms. The Kier molecular flexibility index (Phi) is 5.14. The molecular weight excluding hydrogens is 342 g/mol. The van der Waals surface area contributed by atoms with E-state index in [1.165, 1.54) is 16.0 Å². The van der Waals surface area contributed by atoms with E-state index in [2.05, 4.69) is 24.3 Å². The number of hydrogen-bond acceptors (Lipinski definition) is 3. The van der Waals surface area contributed by atoms with Gasteiger partial charge in [0.25, 0.3) is 5.91 Å². The molecule has 4 rings (SSSR count). The van der Waals surface area contributed by atoms with Crippen LogP contribution in [0.3, 0.4) is 0 Å². The van der Waals surface area contributed by atoms with Crippen LogP contribution in [-0.2, 0) is 11.2 Å². The van der Waals surface area contributed by atoms with Crippen LogP contribution in [0, 0.1) is 0 Å². The zero-order chi connectivity index (χ0) is 17.8. The molecular formula is C22H21NO2S. The van der Waals surface area contributed by atoms with Crippen molar-refractivity contribution in [3.05, 3.63) is 82.7 Å². The van der Waals surface area contributed by atoms with Crippen molar-refractivity contribution in [1.29, 1.82) is 0 Å². The summed E-state index contributed by atoms with van der Waals surface area (Å²) < 4.78 is 5.39. The second-order valence-electron chi connectivity index (χ2n) is 6.39. The van der Waals surface area contributed by atoms with E-state index in [1.54, 1.807) is 11.3 Å². The largest absolute Gasteiger partial charge is 0.378 e. The molecule has 2 heterocycles. The molecule has 1 amide bonds. The second-order valence-corrected chi connectivity index (χ2v) is 7.27. The second kappa shape index (κ2) is 7.85. The van der Waals surface area contributed by atoms with Crippen LogP contribution in [-0.4, -0.2) is 37.1 Å². The highest BCUT2D eigenvalue weighted by atomic mass is 32.1. The summed E-state index contributed by atoms with van der Waals surface area (Å²) in [6.45, 7) is 2.57. The Balaban J connectivity index is 1.73. The third-order valence-corrected chi connectivity index (χ3v) is 5.75. The quantitative estimate of drug-likeness (QED) is 0.684. The fourth-order valence-electron chi connectivity index (χ4n) is 3.31. The van der Waals surface area contributed by atoms with Gasteiger partial charge >= 0.3 is 0 Å². The molecule has 2 aromatic carbocycles. The van der Waals surface area contributed by atoms with E-state index in [9.17, 15) is 4.79 Å². The van der Waals surface area contributed by atoms with Crippen LogP contribution in [0.25, 0.3) is 10.4 Å². The summed E-state index contributed by atoms with van der Waals surface area (Å²) in [6.07, 6.45) is 0.764. The molecule has 0 N–H and O–H groups in total. The number of benzene rings is 2. The summed E-state index contributed by atoms with van der Waals surface area (Å²) in [4.78, 5) is 16.2. The number of carbonyl (C=O) groups is 1. The average Bonchev–Trinajstić information content (AvgIpc) is 3.13. The van der Waals surface area contributed by atoms with E-state index in [0.29, 0.717) is 26.3 Å². The Morgan fingerprint density at radius 3 is 2.31 bits per heavy atom. The van der Waals surface area contributed by atoms with Gasteiger partial charge < -0.3 is 9.64 Å². The van der Waals surface area contributed by atoms with E-state index in [4.69, 9.17) is 4.74 Å². The number of carbonyl (C=O) groups excluding carboxylic acids is 1. The Hall–Kier alpha value is -2.43. The number of amides is 1. The van der Waals surface area contributed by atoms with Gasteiger partial charge in [-0.3, -0.25) is 4.79 Å². The van der Waals surface area contributed by atoms with E-state index in [1.807, 2.05) is 46.7 Å². The average molecular weight is 363 g/mol. The Labute approximate surface area is 157 Å².